The van der Waals surface area contributed by atoms with E-state index in [2.05, 4.69) is 47.1 Å². The second kappa shape index (κ2) is 5.57. The van der Waals surface area contributed by atoms with Crippen LogP contribution in [0.2, 0.25) is 0 Å². The van der Waals surface area contributed by atoms with Gasteiger partial charge in [-0.15, -0.1) is 0 Å². The average Bonchev–Trinajstić information content (AvgIpc) is 2.65. The van der Waals surface area contributed by atoms with E-state index >= 15 is 0 Å². The standard InChI is InChI=1S/C14H23N5/c1-10(2)18(11(3)4)7-8-19-13-5-6-16-9-12(13)17-14(19)15/h5-6,9-11H,7-8H2,1-4H3,(H2,15,17). The van der Waals surface area contributed by atoms with Crippen LogP contribution in [0.15, 0.2) is 18.5 Å². The van der Waals surface area contributed by atoms with Gasteiger partial charge in [-0.2, -0.15) is 0 Å². The maximum atomic E-state index is 6.00. The highest BCUT2D eigenvalue weighted by molar-refractivity contribution is 5.76. The third-order valence-corrected chi connectivity index (χ3v) is 3.49. The molecule has 5 nitrogen and oxygen atoms in total. The van der Waals surface area contributed by atoms with E-state index in [9.17, 15) is 0 Å². The lowest BCUT2D eigenvalue weighted by Gasteiger charge is -2.30. The van der Waals surface area contributed by atoms with Crippen molar-refractivity contribution in [3.05, 3.63) is 18.5 Å². The first-order chi connectivity index (χ1) is 9.00. The number of hydrogen-bond acceptors (Lipinski definition) is 4. The zero-order valence-electron chi connectivity index (χ0n) is 12.2. The molecule has 0 unspecified atom stereocenters. The Morgan fingerprint density at radius 1 is 1.26 bits per heavy atom. The smallest absolute Gasteiger partial charge is 0.201 e. The number of imidazole rings is 1. The summed E-state index contributed by atoms with van der Waals surface area (Å²) in [7, 11) is 0. The summed E-state index contributed by atoms with van der Waals surface area (Å²) in [5.41, 5.74) is 7.91. The molecule has 2 aromatic heterocycles. The summed E-state index contributed by atoms with van der Waals surface area (Å²) in [6.45, 7) is 10.7. The van der Waals surface area contributed by atoms with Crippen molar-refractivity contribution < 1.29 is 0 Å². The van der Waals surface area contributed by atoms with Gasteiger partial charge in [-0.3, -0.25) is 9.88 Å². The van der Waals surface area contributed by atoms with Crippen molar-refractivity contribution in [1.29, 1.82) is 0 Å². The van der Waals surface area contributed by atoms with E-state index in [1.807, 2.05) is 6.07 Å². The summed E-state index contributed by atoms with van der Waals surface area (Å²) >= 11 is 0. The van der Waals surface area contributed by atoms with E-state index in [0.717, 1.165) is 24.1 Å². The van der Waals surface area contributed by atoms with Gasteiger partial charge in [0, 0.05) is 31.4 Å². The Bertz CT molecular complexity index is 536. The van der Waals surface area contributed by atoms with Gasteiger partial charge in [0.05, 0.1) is 11.7 Å². The van der Waals surface area contributed by atoms with Crippen LogP contribution in [-0.2, 0) is 6.54 Å². The molecule has 0 aromatic carbocycles. The van der Waals surface area contributed by atoms with Crippen molar-refractivity contribution in [1.82, 2.24) is 19.4 Å². The van der Waals surface area contributed by atoms with Gasteiger partial charge in [-0.1, -0.05) is 0 Å². The number of hydrogen-bond donors (Lipinski definition) is 1. The molecule has 0 saturated carbocycles. The van der Waals surface area contributed by atoms with Gasteiger partial charge in [-0.05, 0) is 33.8 Å². The van der Waals surface area contributed by atoms with E-state index in [1.54, 1.807) is 12.4 Å². The Morgan fingerprint density at radius 2 is 1.95 bits per heavy atom. The average molecular weight is 261 g/mol. The van der Waals surface area contributed by atoms with Crippen LogP contribution in [0.3, 0.4) is 0 Å². The second-order valence-electron chi connectivity index (χ2n) is 5.41. The van der Waals surface area contributed by atoms with Gasteiger partial charge in [0.2, 0.25) is 5.95 Å². The molecular weight excluding hydrogens is 238 g/mol. The van der Waals surface area contributed by atoms with Crippen LogP contribution >= 0.6 is 0 Å². The first-order valence-corrected chi connectivity index (χ1v) is 6.82. The van der Waals surface area contributed by atoms with E-state index in [-0.39, 0.29) is 0 Å². The van der Waals surface area contributed by atoms with Crippen molar-refractivity contribution in [3.63, 3.8) is 0 Å². The van der Waals surface area contributed by atoms with E-state index < -0.39 is 0 Å². The molecule has 0 aliphatic heterocycles. The summed E-state index contributed by atoms with van der Waals surface area (Å²) in [5.74, 6) is 0.565. The number of fused-ring (bicyclic) bond motifs is 1. The molecule has 0 saturated heterocycles. The van der Waals surface area contributed by atoms with Crippen molar-refractivity contribution in [2.24, 2.45) is 0 Å². The predicted octanol–water partition coefficient (Wildman–Crippen LogP) is 2.13. The summed E-state index contributed by atoms with van der Waals surface area (Å²) in [5, 5.41) is 0. The van der Waals surface area contributed by atoms with E-state index in [4.69, 9.17) is 5.73 Å². The minimum Gasteiger partial charge on any atom is -0.369 e. The predicted molar refractivity (Wildman–Crippen MR) is 78.9 cm³/mol. The number of nitrogens with two attached hydrogens (primary N) is 1. The fraction of sp³-hybridized carbons (Fsp3) is 0.571. The fourth-order valence-electron chi connectivity index (χ4n) is 2.56. The summed E-state index contributed by atoms with van der Waals surface area (Å²) in [6, 6.07) is 3.02. The van der Waals surface area contributed by atoms with Crippen LogP contribution in [0, 0.1) is 0 Å². The van der Waals surface area contributed by atoms with Crippen molar-refractivity contribution in [2.75, 3.05) is 12.3 Å². The van der Waals surface area contributed by atoms with Gasteiger partial charge in [0.1, 0.15) is 5.52 Å². The van der Waals surface area contributed by atoms with E-state index in [1.165, 1.54) is 0 Å². The maximum Gasteiger partial charge on any atom is 0.201 e. The van der Waals surface area contributed by atoms with Crippen LogP contribution in [0.25, 0.3) is 11.0 Å². The largest absolute Gasteiger partial charge is 0.369 e. The molecule has 0 aliphatic rings. The summed E-state index contributed by atoms with van der Waals surface area (Å²) in [4.78, 5) is 10.9. The van der Waals surface area contributed by atoms with Crippen LogP contribution in [0.4, 0.5) is 5.95 Å². The maximum absolute atomic E-state index is 6.00. The Morgan fingerprint density at radius 3 is 2.58 bits per heavy atom. The Labute approximate surface area is 114 Å². The number of nitrogen functional groups attached to an aromatic ring is 1. The number of rotatable bonds is 5. The lowest BCUT2D eigenvalue weighted by atomic mass is 10.2. The van der Waals surface area contributed by atoms with Gasteiger partial charge in [0.25, 0.3) is 0 Å². The number of nitrogens with zero attached hydrogens (tertiary/aromatic N) is 4. The van der Waals surface area contributed by atoms with Gasteiger partial charge >= 0.3 is 0 Å². The molecular formula is C14H23N5. The van der Waals surface area contributed by atoms with Crippen LogP contribution in [0.5, 0.6) is 0 Å². The third kappa shape index (κ3) is 2.87. The quantitative estimate of drug-likeness (QED) is 0.895. The molecule has 0 bridgehead atoms. The number of aromatic nitrogens is 3. The molecule has 0 fully saturated rings. The lowest BCUT2D eigenvalue weighted by molar-refractivity contribution is 0.169. The lowest BCUT2D eigenvalue weighted by Crippen LogP contribution is -2.39. The molecule has 5 heteroatoms. The zero-order chi connectivity index (χ0) is 14.0. The Hall–Kier alpha value is -1.62. The molecule has 2 N–H and O–H groups in total. The molecule has 2 heterocycles. The monoisotopic (exact) mass is 261 g/mol. The van der Waals surface area contributed by atoms with Gasteiger partial charge in [-0.25, -0.2) is 4.98 Å². The molecule has 104 valence electrons. The minimum absolute atomic E-state index is 0.526. The molecule has 19 heavy (non-hydrogen) atoms. The Balaban J connectivity index is 2.19. The highest BCUT2D eigenvalue weighted by Crippen LogP contribution is 2.16. The SMILES string of the molecule is CC(C)N(CCn1c(N)nc2cnccc21)C(C)C. The Kier molecular flexibility index (Phi) is 4.04. The highest BCUT2D eigenvalue weighted by Gasteiger charge is 2.15. The summed E-state index contributed by atoms with van der Waals surface area (Å²) in [6.07, 6.45) is 3.54. The van der Waals surface area contributed by atoms with Crippen LogP contribution in [-0.4, -0.2) is 38.1 Å². The fourth-order valence-corrected chi connectivity index (χ4v) is 2.56. The first kappa shape index (κ1) is 13.8. The number of anilines is 1. The first-order valence-electron chi connectivity index (χ1n) is 6.82. The van der Waals surface area contributed by atoms with Crippen LogP contribution < -0.4 is 5.73 Å². The van der Waals surface area contributed by atoms with Crippen molar-refractivity contribution in [2.45, 2.75) is 46.3 Å². The summed E-state index contributed by atoms with van der Waals surface area (Å²) < 4.78 is 2.06. The van der Waals surface area contributed by atoms with Gasteiger partial charge in [0.15, 0.2) is 0 Å². The minimum atomic E-state index is 0.526. The van der Waals surface area contributed by atoms with Crippen molar-refractivity contribution >= 4 is 17.0 Å². The number of pyridine rings is 1. The highest BCUT2D eigenvalue weighted by atomic mass is 15.2. The van der Waals surface area contributed by atoms with E-state index in [0.29, 0.717) is 18.0 Å². The molecule has 2 aromatic rings. The molecule has 0 spiro atoms. The van der Waals surface area contributed by atoms with Crippen LogP contribution in [0.1, 0.15) is 27.7 Å². The van der Waals surface area contributed by atoms with Gasteiger partial charge < -0.3 is 10.3 Å². The normalized spacial score (nSPS) is 12.2. The molecule has 0 aliphatic carbocycles. The molecule has 0 radical (unpaired) electrons. The third-order valence-electron chi connectivity index (χ3n) is 3.49. The second-order valence-corrected chi connectivity index (χ2v) is 5.41. The molecule has 2 rings (SSSR count). The van der Waals surface area contributed by atoms with Crippen molar-refractivity contribution in [3.8, 4) is 0 Å². The topological polar surface area (TPSA) is 60.0 Å². The molecule has 0 atom stereocenters. The zero-order valence-corrected chi connectivity index (χ0v) is 12.2. The molecule has 0 amide bonds.